The highest BCUT2D eigenvalue weighted by Crippen LogP contribution is 2.52. The zero-order valence-corrected chi connectivity index (χ0v) is 41.8. The topological polar surface area (TPSA) is 97.0 Å². The average molecular weight is 1060 g/mol. The first kappa shape index (κ1) is 52.7. The van der Waals surface area contributed by atoms with E-state index in [9.17, 15) is 35.7 Å². The number of para-hydroxylation sites is 1. The molecule has 0 aliphatic carbocycles. The summed E-state index contributed by atoms with van der Waals surface area (Å²) < 4.78 is 155. The number of alkyl halides is 6. The van der Waals surface area contributed by atoms with E-state index in [2.05, 4.69) is 0 Å². The van der Waals surface area contributed by atoms with E-state index in [0.29, 0.717) is 52.5 Å². The lowest BCUT2D eigenvalue weighted by Crippen LogP contribution is -2.36. The second-order valence-electron chi connectivity index (χ2n) is 18.4. The van der Waals surface area contributed by atoms with Gasteiger partial charge in [-0.1, -0.05) is 105 Å². The van der Waals surface area contributed by atoms with Crippen LogP contribution in [-0.4, -0.2) is 25.3 Å². The number of fused-ring (bicyclic) bond motifs is 2. The van der Waals surface area contributed by atoms with Crippen molar-refractivity contribution in [2.75, 3.05) is 0 Å². The Kier molecular flexibility index (Phi) is 14.7. The summed E-state index contributed by atoms with van der Waals surface area (Å²) in [6.45, 7) is 6.27. The van der Waals surface area contributed by atoms with Crippen LogP contribution in [0.25, 0.3) is 27.8 Å². The number of halogens is 8. The third kappa shape index (κ3) is 10.9. The summed E-state index contributed by atoms with van der Waals surface area (Å²) in [6.07, 6.45) is -8.63. The number of carbonyl (C=O) groups excluding carboxylic acids is 1. The molecule has 6 aromatic carbocycles. The van der Waals surface area contributed by atoms with Gasteiger partial charge >= 0.3 is 26.3 Å². The van der Waals surface area contributed by atoms with Crippen LogP contribution < -0.4 is 4.52 Å². The van der Waals surface area contributed by atoms with Gasteiger partial charge in [0, 0.05) is 35.8 Å². The van der Waals surface area contributed by atoms with Crippen molar-refractivity contribution in [3.05, 3.63) is 207 Å². The second-order valence-corrected chi connectivity index (χ2v) is 20.0. The summed E-state index contributed by atoms with van der Waals surface area (Å²) in [6, 6.07) is 32.9. The Morgan fingerprint density at radius 3 is 1.92 bits per heavy atom. The number of nitrogens with zero attached hydrogens (tertiary/aromatic N) is 4. The molecule has 0 unspecified atom stereocenters. The molecule has 3 heterocycles. The number of aryl methyl sites for hydroxylation is 2. The van der Waals surface area contributed by atoms with Gasteiger partial charge in [0.25, 0.3) is 0 Å². The number of benzene rings is 6. The number of carbonyl (C=O) groups is 1. The fraction of sp³-hybridized carbons (Fsp3) is 0.250. The number of phosphoric ester groups is 1. The van der Waals surface area contributed by atoms with Gasteiger partial charge in [0.2, 0.25) is 0 Å². The van der Waals surface area contributed by atoms with Crippen LogP contribution in [0.5, 0.6) is 5.75 Å². The van der Waals surface area contributed by atoms with E-state index >= 15 is 8.78 Å². The highest BCUT2D eigenvalue weighted by molar-refractivity contribution is 7.48. The molecule has 19 heteroatoms. The first-order chi connectivity index (χ1) is 35.7. The van der Waals surface area contributed by atoms with Gasteiger partial charge in [0.1, 0.15) is 12.4 Å². The molecule has 9 rings (SSSR count). The molecule has 0 saturated carbocycles. The van der Waals surface area contributed by atoms with Crippen molar-refractivity contribution in [2.24, 2.45) is 0 Å². The van der Waals surface area contributed by atoms with Crippen LogP contribution in [0.2, 0.25) is 0 Å². The second kappa shape index (κ2) is 20.9. The zero-order valence-electron chi connectivity index (χ0n) is 40.9. The fourth-order valence-corrected chi connectivity index (χ4v) is 10.5. The van der Waals surface area contributed by atoms with Gasteiger partial charge in [0.15, 0.2) is 11.6 Å². The molecule has 0 N–H and O–H groups in total. The van der Waals surface area contributed by atoms with Gasteiger partial charge in [0.05, 0.1) is 52.5 Å². The Labute approximate surface area is 426 Å². The van der Waals surface area contributed by atoms with Gasteiger partial charge in [-0.2, -0.15) is 31.4 Å². The summed E-state index contributed by atoms with van der Waals surface area (Å²) in [5.41, 5.74) is 1.55. The van der Waals surface area contributed by atoms with Crippen molar-refractivity contribution in [3.8, 4) is 22.7 Å². The highest BCUT2D eigenvalue weighted by atomic mass is 31.2. The van der Waals surface area contributed by atoms with E-state index < -0.39 is 73.5 Å². The lowest BCUT2D eigenvalue weighted by atomic mass is 9.96. The first-order valence-electron chi connectivity index (χ1n) is 23.9. The number of ether oxygens (including phenoxy) is 1. The summed E-state index contributed by atoms with van der Waals surface area (Å²) in [7, 11) is -4.44. The third-order valence-corrected chi connectivity index (χ3v) is 14.6. The Bertz CT molecular complexity index is 3380. The van der Waals surface area contributed by atoms with Crippen molar-refractivity contribution < 1.29 is 62.8 Å². The quantitative estimate of drug-likeness (QED) is 0.0697. The van der Waals surface area contributed by atoms with Gasteiger partial charge in [-0.05, 0) is 103 Å². The number of aromatic nitrogens is 3. The van der Waals surface area contributed by atoms with Gasteiger partial charge in [-0.3, -0.25) is 13.9 Å². The molecular formula is C56H49F8N4O6P. The standard InChI is InChI=1S/C56H49F8N4O6P/c1-5-38-18-13-19-39(6-2)49(38)68-50(44-31-66(54(3,4)52(44)65-68)30-40-21-22-41(55(59,60)61)29-45(40)56(62,63)64)42-23-24-46(57)51-43(42)26-27-67(51)53(69)71-32-37-20-25-48(47(58)28-37)74-75(70,72-33-35-14-9-7-10-15-35)73-34-36-16-11-8-12-17-36/h7-29H,5-6,30-34H2,1-4H3. The predicted octanol–water partition coefficient (Wildman–Crippen LogP) is 15.3. The minimum absolute atomic E-state index is 0.00722. The van der Waals surface area contributed by atoms with E-state index in [4.69, 9.17) is 23.4 Å². The van der Waals surface area contributed by atoms with Crippen LogP contribution in [0.4, 0.5) is 39.9 Å². The van der Waals surface area contributed by atoms with E-state index in [0.717, 1.165) is 33.5 Å². The number of hydrogen-bond donors (Lipinski definition) is 0. The molecular weight excluding hydrogens is 1010 g/mol. The van der Waals surface area contributed by atoms with Crippen LogP contribution in [0.3, 0.4) is 0 Å². The van der Waals surface area contributed by atoms with E-state index in [1.165, 1.54) is 36.5 Å². The average Bonchev–Trinajstić information content (AvgIpc) is 4.11. The highest BCUT2D eigenvalue weighted by Gasteiger charge is 2.45. The Balaban J connectivity index is 1.02. The molecule has 10 nitrogen and oxygen atoms in total. The van der Waals surface area contributed by atoms with E-state index in [-0.39, 0.29) is 47.9 Å². The maximum absolute atomic E-state index is 16.2. The minimum atomic E-state index is -5.09. The van der Waals surface area contributed by atoms with Crippen molar-refractivity contribution >= 4 is 24.8 Å². The molecule has 1 aliphatic heterocycles. The molecule has 0 saturated heterocycles. The molecule has 0 amide bonds. The van der Waals surface area contributed by atoms with Crippen molar-refractivity contribution in [2.45, 2.75) is 91.3 Å². The monoisotopic (exact) mass is 1060 g/mol. The molecule has 1 aliphatic rings. The molecule has 2 aromatic heterocycles. The number of hydrogen-bond acceptors (Lipinski definition) is 8. The Morgan fingerprint density at radius 2 is 1.33 bits per heavy atom. The lowest BCUT2D eigenvalue weighted by molar-refractivity contribution is -0.143. The summed E-state index contributed by atoms with van der Waals surface area (Å²) in [5.74, 6) is -2.23. The maximum Gasteiger partial charge on any atom is 0.530 e. The number of phosphoric acid groups is 1. The summed E-state index contributed by atoms with van der Waals surface area (Å²) in [5, 5.41) is 5.42. The van der Waals surface area contributed by atoms with Crippen LogP contribution >= 0.6 is 7.82 Å². The van der Waals surface area contributed by atoms with Crippen molar-refractivity contribution in [1.29, 1.82) is 0 Å². The Hall–Kier alpha value is -7.11. The first-order valence-corrected chi connectivity index (χ1v) is 25.3. The van der Waals surface area contributed by atoms with Gasteiger partial charge in [-0.15, -0.1) is 0 Å². The summed E-state index contributed by atoms with van der Waals surface area (Å²) >= 11 is 0. The molecule has 8 aromatic rings. The SMILES string of the molecule is CCc1cccc(CC)c1-n1nc2c(c1-c1ccc(F)c3c1ccn3C(=O)OCc1ccc(OP(=O)(OCc3ccccc3)OCc3ccccc3)c(F)c1)CN(Cc1ccc(C(F)(F)F)cc1C(F)(F)F)C2(C)C. The zero-order chi connectivity index (χ0) is 53.5. The molecule has 0 spiro atoms. The molecule has 0 bridgehead atoms. The van der Waals surface area contributed by atoms with E-state index in [1.54, 1.807) is 84.1 Å². The molecule has 390 valence electrons. The lowest BCUT2D eigenvalue weighted by Gasteiger charge is -2.33. The third-order valence-electron chi connectivity index (χ3n) is 13.3. The predicted molar refractivity (Wildman–Crippen MR) is 265 cm³/mol. The van der Waals surface area contributed by atoms with Crippen molar-refractivity contribution in [3.63, 3.8) is 0 Å². The largest absolute Gasteiger partial charge is 0.530 e. The fourth-order valence-electron chi connectivity index (χ4n) is 9.34. The van der Waals surface area contributed by atoms with Crippen LogP contribution in [0, 0.1) is 11.6 Å². The molecule has 0 radical (unpaired) electrons. The normalized spacial score (nSPS) is 13.9. The van der Waals surface area contributed by atoms with Crippen LogP contribution in [0.1, 0.15) is 83.5 Å². The molecule has 75 heavy (non-hydrogen) atoms. The van der Waals surface area contributed by atoms with Crippen LogP contribution in [0.15, 0.2) is 140 Å². The molecule has 0 atom stereocenters. The maximum atomic E-state index is 16.2. The smallest absolute Gasteiger partial charge is 0.444 e. The van der Waals surface area contributed by atoms with Crippen molar-refractivity contribution in [1.82, 2.24) is 19.2 Å². The number of rotatable bonds is 16. The van der Waals surface area contributed by atoms with Gasteiger partial charge in [-0.25, -0.2) is 27.4 Å². The summed E-state index contributed by atoms with van der Waals surface area (Å²) in [4.78, 5) is 15.6. The van der Waals surface area contributed by atoms with E-state index in [1.807, 2.05) is 32.0 Å². The van der Waals surface area contributed by atoms with Crippen LogP contribution in [-0.2, 0) is 82.0 Å². The minimum Gasteiger partial charge on any atom is -0.444 e. The van der Waals surface area contributed by atoms with Gasteiger partial charge < -0.3 is 9.26 Å². The Morgan fingerprint density at radius 1 is 0.693 bits per heavy atom. The molecule has 0 fully saturated rings.